The summed E-state index contributed by atoms with van der Waals surface area (Å²) < 4.78 is 43.1. The molecule has 0 spiro atoms. The molecule has 32 heavy (non-hydrogen) atoms. The van der Waals surface area contributed by atoms with Crippen LogP contribution in [0.5, 0.6) is 5.75 Å². The Kier molecular flexibility index (Phi) is 6.71. The summed E-state index contributed by atoms with van der Waals surface area (Å²) in [5, 5.41) is 22.0. The largest absolute Gasteiger partial charge is 0.508 e. The van der Waals surface area contributed by atoms with Crippen molar-refractivity contribution in [3.8, 4) is 5.75 Å². The van der Waals surface area contributed by atoms with Crippen molar-refractivity contribution >= 4 is 26.8 Å². The highest BCUT2D eigenvalue weighted by molar-refractivity contribution is 9.10. The van der Waals surface area contributed by atoms with Crippen LogP contribution >= 0.6 is 15.9 Å². The lowest BCUT2D eigenvalue weighted by molar-refractivity contribution is -0.266. The number of halogens is 4. The van der Waals surface area contributed by atoms with Gasteiger partial charge in [-0.2, -0.15) is 13.2 Å². The molecule has 0 saturated carbocycles. The van der Waals surface area contributed by atoms with Crippen molar-refractivity contribution in [1.29, 1.82) is 0 Å². The molecule has 0 amide bonds. The molecule has 174 valence electrons. The summed E-state index contributed by atoms with van der Waals surface area (Å²) in [5.41, 5.74) is -1.74. The Labute approximate surface area is 194 Å². The maximum atomic E-state index is 14.1. The average molecular weight is 513 g/mol. The molecule has 0 aliphatic heterocycles. The minimum Gasteiger partial charge on any atom is -0.508 e. The number of aromatic amines is 1. The Hall–Kier alpha value is -2.03. The van der Waals surface area contributed by atoms with Crippen LogP contribution in [0, 0.1) is 0 Å². The topological polar surface area (TPSA) is 59.5 Å². The summed E-state index contributed by atoms with van der Waals surface area (Å²) in [6.45, 7) is 3.89. The summed E-state index contributed by atoms with van der Waals surface area (Å²) in [6.07, 6.45) is -6.10. The van der Waals surface area contributed by atoms with E-state index in [0.29, 0.717) is 22.3 Å². The van der Waals surface area contributed by atoms with Gasteiger partial charge in [0.1, 0.15) is 5.75 Å². The zero-order valence-electron chi connectivity index (χ0n) is 18.5. The molecule has 0 saturated heterocycles. The second-order valence-corrected chi connectivity index (χ2v) is 10.3. The highest BCUT2D eigenvalue weighted by atomic mass is 79.9. The van der Waals surface area contributed by atoms with Crippen LogP contribution < -0.4 is 0 Å². The van der Waals surface area contributed by atoms with E-state index in [2.05, 4.69) is 20.9 Å². The molecule has 1 heterocycles. The first kappa shape index (κ1) is 24.6. The molecule has 2 aromatic carbocycles. The summed E-state index contributed by atoms with van der Waals surface area (Å²) >= 11 is 3.30. The molecular formula is C24H28BrF3N2O2. The Morgan fingerprint density at radius 1 is 1.03 bits per heavy atom. The van der Waals surface area contributed by atoms with E-state index >= 15 is 0 Å². The Morgan fingerprint density at radius 2 is 1.72 bits per heavy atom. The molecule has 1 atom stereocenters. The van der Waals surface area contributed by atoms with Gasteiger partial charge in [0.25, 0.3) is 0 Å². The number of phenols is 1. The van der Waals surface area contributed by atoms with Gasteiger partial charge in [-0.1, -0.05) is 35.8 Å². The van der Waals surface area contributed by atoms with Gasteiger partial charge in [-0.25, -0.2) is 0 Å². The lowest BCUT2D eigenvalue weighted by Gasteiger charge is -2.38. The van der Waals surface area contributed by atoms with Crippen LogP contribution in [0.4, 0.5) is 13.2 Å². The summed E-state index contributed by atoms with van der Waals surface area (Å²) in [4.78, 5) is 5.03. The SMILES string of the molecule is CN(C)Cc1ccc2[nH]c(CC(O)(CC(C)(C)c3cc(Br)ccc3O)C(F)(F)F)cc2c1. The first-order valence-corrected chi connectivity index (χ1v) is 11.0. The van der Waals surface area contributed by atoms with Gasteiger partial charge in [-0.05, 0) is 73.3 Å². The second kappa shape index (κ2) is 8.72. The molecule has 3 N–H and O–H groups in total. The highest BCUT2D eigenvalue weighted by Gasteiger charge is 2.56. The van der Waals surface area contributed by atoms with Gasteiger partial charge >= 0.3 is 6.18 Å². The van der Waals surface area contributed by atoms with Crippen LogP contribution in [0.15, 0.2) is 46.9 Å². The van der Waals surface area contributed by atoms with Gasteiger partial charge in [0, 0.05) is 34.2 Å². The van der Waals surface area contributed by atoms with Crippen LogP contribution in [0.25, 0.3) is 10.9 Å². The zero-order chi connectivity index (χ0) is 23.9. The van der Waals surface area contributed by atoms with Gasteiger partial charge in [0.2, 0.25) is 0 Å². The molecule has 3 aromatic rings. The number of hydrogen-bond donors (Lipinski definition) is 3. The number of nitrogens with zero attached hydrogens (tertiary/aromatic N) is 1. The maximum Gasteiger partial charge on any atom is 0.417 e. The van der Waals surface area contributed by atoms with E-state index in [1.54, 1.807) is 32.0 Å². The van der Waals surface area contributed by atoms with E-state index in [1.807, 2.05) is 37.2 Å². The molecule has 0 fully saturated rings. The summed E-state index contributed by atoms with van der Waals surface area (Å²) in [5.74, 6) is -0.109. The van der Waals surface area contributed by atoms with Crippen molar-refractivity contribution < 1.29 is 23.4 Å². The number of rotatable bonds is 7. The van der Waals surface area contributed by atoms with Crippen molar-refractivity contribution in [2.45, 2.75) is 50.4 Å². The smallest absolute Gasteiger partial charge is 0.417 e. The highest BCUT2D eigenvalue weighted by Crippen LogP contribution is 2.45. The molecule has 3 rings (SSSR count). The lowest BCUT2D eigenvalue weighted by atomic mass is 9.73. The Morgan fingerprint density at radius 3 is 2.34 bits per heavy atom. The Balaban J connectivity index is 1.95. The third-order valence-electron chi connectivity index (χ3n) is 5.67. The van der Waals surface area contributed by atoms with Crippen molar-refractivity contribution in [3.05, 3.63) is 63.8 Å². The number of hydrogen-bond acceptors (Lipinski definition) is 3. The van der Waals surface area contributed by atoms with E-state index in [-0.39, 0.29) is 5.75 Å². The van der Waals surface area contributed by atoms with Crippen molar-refractivity contribution in [3.63, 3.8) is 0 Å². The van der Waals surface area contributed by atoms with E-state index in [4.69, 9.17) is 0 Å². The fraction of sp³-hybridized carbons (Fsp3) is 0.417. The van der Waals surface area contributed by atoms with E-state index < -0.39 is 30.0 Å². The van der Waals surface area contributed by atoms with Gasteiger partial charge in [0.05, 0.1) is 0 Å². The van der Waals surface area contributed by atoms with E-state index in [1.165, 1.54) is 6.07 Å². The normalized spacial score (nSPS) is 14.8. The van der Waals surface area contributed by atoms with Crippen LogP contribution in [-0.4, -0.2) is 46.0 Å². The lowest BCUT2D eigenvalue weighted by Crippen LogP contribution is -2.50. The molecule has 4 nitrogen and oxygen atoms in total. The van der Waals surface area contributed by atoms with Gasteiger partial charge in [-0.15, -0.1) is 0 Å². The number of aliphatic hydroxyl groups is 1. The molecule has 0 radical (unpaired) electrons. The predicted molar refractivity (Wildman–Crippen MR) is 124 cm³/mol. The predicted octanol–water partition coefficient (Wildman–Crippen LogP) is 5.90. The first-order chi connectivity index (χ1) is 14.7. The molecule has 0 aliphatic carbocycles. The number of H-pyrrole nitrogens is 1. The molecule has 1 unspecified atom stereocenters. The first-order valence-electron chi connectivity index (χ1n) is 10.2. The fourth-order valence-corrected chi connectivity index (χ4v) is 4.62. The van der Waals surface area contributed by atoms with E-state index in [0.717, 1.165) is 16.5 Å². The van der Waals surface area contributed by atoms with Crippen LogP contribution in [0.2, 0.25) is 0 Å². The van der Waals surface area contributed by atoms with E-state index in [9.17, 15) is 23.4 Å². The average Bonchev–Trinajstić information content (AvgIpc) is 3.02. The maximum absolute atomic E-state index is 14.1. The van der Waals surface area contributed by atoms with Crippen LogP contribution in [0.1, 0.15) is 37.1 Å². The number of aromatic nitrogens is 1. The third-order valence-corrected chi connectivity index (χ3v) is 6.17. The number of aromatic hydroxyl groups is 1. The van der Waals surface area contributed by atoms with Gasteiger partial charge in [0.15, 0.2) is 5.60 Å². The van der Waals surface area contributed by atoms with Crippen molar-refractivity contribution in [1.82, 2.24) is 9.88 Å². The fourth-order valence-electron chi connectivity index (χ4n) is 4.26. The zero-order valence-corrected chi connectivity index (χ0v) is 20.1. The standard InChI is InChI=1S/C24H28BrF3N2O2/c1-22(2,19-11-17(25)6-8-21(19)31)14-23(32,24(26,27)28)12-18-10-16-9-15(13-30(3)4)5-7-20(16)29-18/h5-11,29,31-32H,12-14H2,1-4H3. The molecule has 0 aliphatic rings. The Bertz CT molecular complexity index is 1110. The van der Waals surface area contributed by atoms with Crippen molar-refractivity contribution in [2.24, 2.45) is 0 Å². The van der Waals surface area contributed by atoms with Gasteiger partial charge < -0.3 is 20.1 Å². The molecule has 0 bridgehead atoms. The minimum atomic E-state index is -4.86. The number of fused-ring (bicyclic) bond motifs is 1. The van der Waals surface area contributed by atoms with Gasteiger partial charge in [-0.3, -0.25) is 0 Å². The van der Waals surface area contributed by atoms with Crippen molar-refractivity contribution in [2.75, 3.05) is 14.1 Å². The van der Waals surface area contributed by atoms with Crippen LogP contribution in [-0.2, 0) is 18.4 Å². The third kappa shape index (κ3) is 5.30. The molecular weight excluding hydrogens is 485 g/mol. The number of phenolic OH excluding ortho intramolecular Hbond substituents is 1. The molecule has 1 aromatic heterocycles. The number of alkyl halides is 3. The summed E-state index contributed by atoms with van der Waals surface area (Å²) in [6, 6.07) is 12.0. The number of benzene rings is 2. The second-order valence-electron chi connectivity index (χ2n) is 9.38. The number of nitrogens with one attached hydrogen (secondary N) is 1. The monoisotopic (exact) mass is 512 g/mol. The van der Waals surface area contributed by atoms with Crippen LogP contribution in [0.3, 0.4) is 0 Å². The quantitative estimate of drug-likeness (QED) is 0.369. The summed E-state index contributed by atoms with van der Waals surface area (Å²) in [7, 11) is 3.89. The molecule has 8 heteroatoms. The minimum absolute atomic E-state index is 0.109.